The van der Waals surface area contributed by atoms with Crippen LogP contribution in [0.15, 0.2) is 108 Å². The molecule has 7 heteroatoms. The number of anilines is 2. The van der Waals surface area contributed by atoms with Crippen molar-refractivity contribution in [2.45, 2.75) is 20.8 Å². The Hall–Kier alpha value is -5.01. The summed E-state index contributed by atoms with van der Waals surface area (Å²) >= 11 is 1.54. The fourth-order valence-electron chi connectivity index (χ4n) is 4.93. The van der Waals surface area contributed by atoms with Gasteiger partial charge < -0.3 is 9.88 Å². The number of hydrazone groups is 1. The topological polar surface area (TPSA) is 71.3 Å². The van der Waals surface area contributed by atoms with Crippen molar-refractivity contribution in [2.24, 2.45) is 5.10 Å². The molecule has 6 rings (SSSR count). The summed E-state index contributed by atoms with van der Waals surface area (Å²) in [5.41, 5.74) is 11.4. The van der Waals surface area contributed by atoms with Gasteiger partial charge in [-0.3, -0.25) is 4.79 Å². The van der Waals surface area contributed by atoms with E-state index in [4.69, 9.17) is 4.98 Å². The first-order valence-corrected chi connectivity index (χ1v) is 14.2. The number of aromatic nitrogens is 2. The highest BCUT2D eigenvalue weighted by Gasteiger charge is 2.12. The highest BCUT2D eigenvalue weighted by Crippen LogP contribution is 2.28. The highest BCUT2D eigenvalue weighted by molar-refractivity contribution is 7.14. The number of hydrogen-bond donors (Lipinski definition) is 2. The van der Waals surface area contributed by atoms with Crippen LogP contribution in [0.4, 0.5) is 10.8 Å². The molecule has 2 N–H and O–H groups in total. The molecular weight excluding hydrogens is 526 g/mol. The predicted octanol–water partition coefficient (Wildman–Crippen LogP) is 8.19. The molecule has 0 unspecified atom stereocenters. The Bertz CT molecular complexity index is 1880. The molecule has 0 aliphatic carbocycles. The van der Waals surface area contributed by atoms with Crippen molar-refractivity contribution in [3.8, 4) is 16.9 Å². The maximum Gasteiger partial charge on any atom is 0.271 e. The van der Waals surface area contributed by atoms with Crippen molar-refractivity contribution in [3.63, 3.8) is 0 Å². The van der Waals surface area contributed by atoms with Gasteiger partial charge in [0.15, 0.2) is 5.13 Å². The average molecular weight is 556 g/mol. The predicted molar refractivity (Wildman–Crippen MR) is 170 cm³/mol. The second kappa shape index (κ2) is 11.2. The minimum absolute atomic E-state index is 0.268. The molecule has 6 nitrogen and oxygen atoms in total. The summed E-state index contributed by atoms with van der Waals surface area (Å²) in [6, 6.07) is 32.4. The van der Waals surface area contributed by atoms with Crippen LogP contribution in [0.25, 0.3) is 27.7 Å². The number of fused-ring (bicyclic) bond motifs is 1. The van der Waals surface area contributed by atoms with Gasteiger partial charge in [-0.1, -0.05) is 66.2 Å². The first-order chi connectivity index (χ1) is 20.0. The SMILES string of the molecule is Cc1ccc(Nc2nc(-c3ccc(C(=O)N/N=C\c4cc(C)n(-c5cccc6ccccc56)c4C)cc3)cs2)cc1. The Labute approximate surface area is 243 Å². The number of rotatable bonds is 7. The molecule has 0 saturated carbocycles. The molecule has 0 radical (unpaired) electrons. The van der Waals surface area contributed by atoms with Crippen LogP contribution in [0.1, 0.15) is 32.9 Å². The molecule has 2 aromatic heterocycles. The van der Waals surface area contributed by atoms with Crippen LogP contribution < -0.4 is 10.7 Å². The van der Waals surface area contributed by atoms with Gasteiger partial charge in [-0.2, -0.15) is 5.10 Å². The van der Waals surface area contributed by atoms with E-state index in [1.165, 1.54) is 16.3 Å². The Morgan fingerprint density at radius 1 is 0.902 bits per heavy atom. The lowest BCUT2D eigenvalue weighted by Crippen LogP contribution is -2.17. The maximum atomic E-state index is 12.8. The summed E-state index contributed by atoms with van der Waals surface area (Å²) in [6.07, 6.45) is 1.70. The molecule has 41 heavy (non-hydrogen) atoms. The molecule has 0 aliphatic heterocycles. The largest absolute Gasteiger partial charge is 0.332 e. The van der Waals surface area contributed by atoms with Crippen molar-refractivity contribution in [2.75, 3.05) is 5.32 Å². The molecule has 0 spiro atoms. The number of carbonyl (C=O) groups excluding carboxylic acids is 1. The molecule has 1 amide bonds. The van der Waals surface area contributed by atoms with E-state index < -0.39 is 0 Å². The van der Waals surface area contributed by atoms with Crippen molar-refractivity contribution < 1.29 is 4.79 Å². The first kappa shape index (κ1) is 26.2. The highest BCUT2D eigenvalue weighted by atomic mass is 32.1. The molecular formula is C34H29N5OS. The standard InChI is InChI=1S/C34H29N5OS/c1-22-11-17-29(18-12-22)36-34-37-31(21-41-34)26-13-15-27(16-14-26)33(40)38-35-20-28-19-23(2)39(24(28)3)32-10-6-8-25-7-4-5-9-30(25)32/h4-21H,1-3H3,(H,36,37)(H,38,40)/b35-20-. The molecule has 202 valence electrons. The van der Waals surface area contributed by atoms with Gasteiger partial charge in [-0.15, -0.1) is 11.3 Å². The number of nitrogens with one attached hydrogen (secondary N) is 2. The monoisotopic (exact) mass is 555 g/mol. The summed E-state index contributed by atoms with van der Waals surface area (Å²) in [5.74, 6) is -0.268. The second-order valence-corrected chi connectivity index (χ2v) is 10.8. The smallest absolute Gasteiger partial charge is 0.271 e. The quantitative estimate of drug-likeness (QED) is 0.154. The Kier molecular flexibility index (Phi) is 7.18. The third-order valence-corrected chi connectivity index (χ3v) is 7.86. The van der Waals surface area contributed by atoms with Crippen LogP contribution in [-0.2, 0) is 0 Å². The maximum absolute atomic E-state index is 12.8. The summed E-state index contributed by atoms with van der Waals surface area (Å²) in [4.78, 5) is 17.5. The number of carbonyl (C=O) groups is 1. The summed E-state index contributed by atoms with van der Waals surface area (Å²) in [6.45, 7) is 6.21. The van der Waals surface area contributed by atoms with Crippen molar-refractivity contribution >= 4 is 45.0 Å². The molecule has 0 atom stereocenters. The number of aryl methyl sites for hydroxylation is 2. The third-order valence-electron chi connectivity index (χ3n) is 7.10. The van der Waals surface area contributed by atoms with Gasteiger partial charge in [-0.05, 0) is 62.6 Å². The van der Waals surface area contributed by atoms with Crippen LogP contribution in [0.5, 0.6) is 0 Å². The first-order valence-electron chi connectivity index (χ1n) is 13.4. The third kappa shape index (κ3) is 5.53. The second-order valence-electron chi connectivity index (χ2n) is 9.97. The minimum atomic E-state index is -0.268. The number of amides is 1. The van der Waals surface area contributed by atoms with Gasteiger partial charge >= 0.3 is 0 Å². The van der Waals surface area contributed by atoms with E-state index in [0.717, 1.165) is 44.7 Å². The van der Waals surface area contributed by atoms with Gasteiger partial charge in [0.1, 0.15) is 0 Å². The van der Waals surface area contributed by atoms with Crippen molar-refractivity contribution in [1.82, 2.24) is 15.0 Å². The molecule has 0 fully saturated rings. The van der Waals surface area contributed by atoms with E-state index in [9.17, 15) is 4.79 Å². The Morgan fingerprint density at radius 2 is 1.66 bits per heavy atom. The number of benzene rings is 4. The van der Waals surface area contributed by atoms with Crippen molar-refractivity contribution in [1.29, 1.82) is 0 Å². The van der Waals surface area contributed by atoms with Crippen LogP contribution in [-0.4, -0.2) is 21.7 Å². The lowest BCUT2D eigenvalue weighted by Gasteiger charge is -2.12. The van der Waals surface area contributed by atoms with E-state index in [-0.39, 0.29) is 5.91 Å². The normalized spacial score (nSPS) is 11.3. The van der Waals surface area contributed by atoms with E-state index >= 15 is 0 Å². The van der Waals surface area contributed by atoms with Gasteiger partial charge in [0.2, 0.25) is 0 Å². The lowest BCUT2D eigenvalue weighted by molar-refractivity contribution is 0.0955. The number of hydrogen-bond acceptors (Lipinski definition) is 5. The van der Waals surface area contributed by atoms with Gasteiger partial charge in [0.25, 0.3) is 5.91 Å². The van der Waals surface area contributed by atoms with Crippen LogP contribution in [0.2, 0.25) is 0 Å². The zero-order valence-corrected chi connectivity index (χ0v) is 23.9. The lowest BCUT2D eigenvalue weighted by atomic mass is 10.1. The fraction of sp³-hybridized carbons (Fsp3) is 0.0882. The summed E-state index contributed by atoms with van der Waals surface area (Å²) in [7, 11) is 0. The van der Waals surface area contributed by atoms with Crippen LogP contribution >= 0.6 is 11.3 Å². The molecule has 0 saturated heterocycles. The molecule has 6 aromatic rings. The summed E-state index contributed by atoms with van der Waals surface area (Å²) < 4.78 is 2.23. The minimum Gasteiger partial charge on any atom is -0.332 e. The van der Waals surface area contributed by atoms with Gasteiger partial charge in [0, 0.05) is 44.5 Å². The zero-order valence-electron chi connectivity index (χ0n) is 23.1. The number of nitrogens with zero attached hydrogens (tertiary/aromatic N) is 3. The van der Waals surface area contributed by atoms with E-state index in [1.54, 1.807) is 29.7 Å². The number of thiazole rings is 1. The van der Waals surface area contributed by atoms with Crippen LogP contribution in [0, 0.1) is 20.8 Å². The fourth-order valence-corrected chi connectivity index (χ4v) is 5.67. The average Bonchev–Trinajstić information content (AvgIpc) is 3.57. The molecule has 0 bridgehead atoms. The van der Waals surface area contributed by atoms with Gasteiger partial charge in [0.05, 0.1) is 17.6 Å². The van der Waals surface area contributed by atoms with E-state index in [0.29, 0.717) is 5.56 Å². The van der Waals surface area contributed by atoms with E-state index in [2.05, 4.69) is 102 Å². The van der Waals surface area contributed by atoms with E-state index in [1.807, 2.05) is 29.6 Å². The van der Waals surface area contributed by atoms with Crippen molar-refractivity contribution in [3.05, 3.63) is 131 Å². The van der Waals surface area contributed by atoms with Crippen LogP contribution in [0.3, 0.4) is 0 Å². The zero-order chi connectivity index (χ0) is 28.3. The molecule has 0 aliphatic rings. The Morgan fingerprint density at radius 3 is 2.46 bits per heavy atom. The molecule has 2 heterocycles. The molecule has 4 aromatic carbocycles. The summed E-state index contributed by atoms with van der Waals surface area (Å²) in [5, 5.41) is 12.8. The van der Waals surface area contributed by atoms with Gasteiger partial charge in [-0.25, -0.2) is 10.4 Å². The Balaban J connectivity index is 1.12.